The average Bonchev–Trinajstić information content (AvgIpc) is 3.27. The molecule has 1 aliphatic rings. The molecule has 164 valence electrons. The molecule has 0 amide bonds. The van der Waals surface area contributed by atoms with Crippen LogP contribution >= 0.6 is 0 Å². The van der Waals surface area contributed by atoms with Crippen LogP contribution in [0, 0.1) is 5.82 Å². The van der Waals surface area contributed by atoms with Crippen LogP contribution in [-0.4, -0.2) is 67.2 Å². The molecule has 0 aliphatic carbocycles. The van der Waals surface area contributed by atoms with Gasteiger partial charge in [0.15, 0.2) is 6.04 Å². The molecule has 0 unspecified atom stereocenters. The Bertz CT molecular complexity index is 989. The van der Waals surface area contributed by atoms with E-state index in [-0.39, 0.29) is 11.9 Å². The first kappa shape index (κ1) is 21.2. The molecule has 2 heterocycles. The second kappa shape index (κ2) is 9.84. The predicted octanol–water partition coefficient (Wildman–Crippen LogP) is 0.962. The lowest BCUT2D eigenvalue weighted by molar-refractivity contribution is -0.927. The van der Waals surface area contributed by atoms with Crippen molar-refractivity contribution in [3.63, 3.8) is 0 Å². The van der Waals surface area contributed by atoms with Gasteiger partial charge in [-0.3, -0.25) is 0 Å². The van der Waals surface area contributed by atoms with E-state index in [2.05, 4.69) is 26.5 Å². The molecule has 0 radical (unpaired) electrons. The number of nitrogens with zero attached hydrogens (tertiary/aromatic N) is 5. The average molecular weight is 428 g/mol. The molecular formula is C22H28FN6O2+. The van der Waals surface area contributed by atoms with Crippen molar-refractivity contribution >= 4 is 5.69 Å². The van der Waals surface area contributed by atoms with Crippen LogP contribution in [0.2, 0.25) is 0 Å². The van der Waals surface area contributed by atoms with Crippen LogP contribution in [0.25, 0.3) is 0 Å². The zero-order chi connectivity index (χ0) is 21.6. The van der Waals surface area contributed by atoms with Gasteiger partial charge >= 0.3 is 0 Å². The van der Waals surface area contributed by atoms with Crippen LogP contribution in [-0.2, 0) is 11.3 Å². The Morgan fingerprint density at radius 1 is 1.06 bits per heavy atom. The number of tetrazole rings is 1. The number of benzene rings is 2. The predicted molar refractivity (Wildman–Crippen MR) is 114 cm³/mol. The van der Waals surface area contributed by atoms with Crippen LogP contribution in [0.5, 0.6) is 5.75 Å². The lowest BCUT2D eigenvalue weighted by Crippen LogP contribution is -3.15. The highest BCUT2D eigenvalue weighted by Crippen LogP contribution is 2.28. The molecule has 9 heteroatoms. The fourth-order valence-corrected chi connectivity index (χ4v) is 4.22. The number of hydrogen-bond donors (Lipinski definition) is 1. The van der Waals surface area contributed by atoms with E-state index in [0.717, 1.165) is 37.6 Å². The molecule has 2 aromatic carbocycles. The van der Waals surface area contributed by atoms with Crippen molar-refractivity contribution in [2.75, 3.05) is 51.9 Å². The minimum absolute atomic E-state index is 0.242. The Hall–Kier alpha value is -3.04. The Kier molecular flexibility index (Phi) is 6.73. The Labute approximate surface area is 181 Å². The summed E-state index contributed by atoms with van der Waals surface area (Å²) in [4.78, 5) is 3.54. The number of methoxy groups -OCH3 is 2. The fraction of sp³-hybridized carbons (Fsp3) is 0.409. The molecule has 4 rings (SSSR count). The van der Waals surface area contributed by atoms with Crippen LogP contribution < -0.4 is 14.5 Å². The van der Waals surface area contributed by atoms with Gasteiger partial charge in [0.05, 0.1) is 57.7 Å². The maximum atomic E-state index is 14.9. The largest absolute Gasteiger partial charge is 0.495 e. The number of piperazine rings is 1. The molecule has 0 spiro atoms. The lowest BCUT2D eigenvalue weighted by atomic mass is 10.0. The van der Waals surface area contributed by atoms with Crippen molar-refractivity contribution in [2.45, 2.75) is 12.6 Å². The molecule has 0 bridgehead atoms. The van der Waals surface area contributed by atoms with E-state index in [9.17, 15) is 4.39 Å². The molecule has 1 aliphatic heterocycles. The summed E-state index contributed by atoms with van der Waals surface area (Å²) in [7, 11) is 3.33. The van der Waals surface area contributed by atoms with Gasteiger partial charge in [0.1, 0.15) is 11.6 Å². The number of hydrogen-bond acceptors (Lipinski definition) is 6. The third-order valence-corrected chi connectivity index (χ3v) is 5.78. The summed E-state index contributed by atoms with van der Waals surface area (Å²) in [5.41, 5.74) is 1.69. The molecular weight excluding hydrogens is 399 g/mol. The van der Waals surface area contributed by atoms with Crippen LogP contribution in [0.1, 0.15) is 17.4 Å². The summed E-state index contributed by atoms with van der Waals surface area (Å²) < 4.78 is 27.3. The van der Waals surface area contributed by atoms with Crippen molar-refractivity contribution in [1.82, 2.24) is 20.2 Å². The van der Waals surface area contributed by atoms with Gasteiger partial charge in [-0.1, -0.05) is 24.3 Å². The fourth-order valence-electron chi connectivity index (χ4n) is 4.22. The standard InChI is InChI=1S/C22H27FN6O2/c1-30-16-15-29-22(24-25-26-29)21(17-7-3-4-8-18(17)23)28-13-11-27(12-14-28)19-9-5-6-10-20(19)31-2/h3-10,21H,11-16H2,1-2H3/p+1/t21-/m1/s1. The zero-order valence-corrected chi connectivity index (χ0v) is 17.9. The summed E-state index contributed by atoms with van der Waals surface area (Å²) in [5, 5.41) is 12.3. The number of rotatable bonds is 8. The van der Waals surface area contributed by atoms with E-state index in [1.54, 1.807) is 25.0 Å². The molecule has 1 atom stereocenters. The van der Waals surface area contributed by atoms with Crippen molar-refractivity contribution in [1.29, 1.82) is 0 Å². The van der Waals surface area contributed by atoms with Crippen LogP contribution in [0.3, 0.4) is 0 Å². The quantitative estimate of drug-likeness (QED) is 0.578. The normalized spacial score (nSPS) is 15.8. The molecule has 3 aromatic rings. The number of halogens is 1. The summed E-state index contributed by atoms with van der Waals surface area (Å²) in [6.45, 7) is 4.27. The summed E-state index contributed by atoms with van der Waals surface area (Å²) in [6, 6.07) is 14.6. The molecule has 0 saturated carbocycles. The number of quaternary nitrogens is 1. The first-order valence-electron chi connectivity index (χ1n) is 10.4. The van der Waals surface area contributed by atoms with E-state index in [1.165, 1.54) is 11.0 Å². The van der Waals surface area contributed by atoms with E-state index < -0.39 is 0 Å². The third kappa shape index (κ3) is 4.52. The second-order valence-corrected chi connectivity index (χ2v) is 7.52. The Balaban J connectivity index is 1.60. The first-order chi connectivity index (χ1) is 15.2. The first-order valence-corrected chi connectivity index (χ1v) is 10.4. The van der Waals surface area contributed by atoms with Gasteiger partial charge in [-0.2, -0.15) is 0 Å². The third-order valence-electron chi connectivity index (χ3n) is 5.78. The number of anilines is 1. The number of nitrogens with one attached hydrogen (secondary N) is 1. The highest BCUT2D eigenvalue weighted by atomic mass is 19.1. The summed E-state index contributed by atoms with van der Waals surface area (Å²) in [5.74, 6) is 1.27. The van der Waals surface area contributed by atoms with E-state index >= 15 is 0 Å². The lowest BCUT2D eigenvalue weighted by Gasteiger charge is -2.37. The van der Waals surface area contributed by atoms with Crippen LogP contribution in [0.15, 0.2) is 48.5 Å². The monoisotopic (exact) mass is 427 g/mol. The van der Waals surface area contributed by atoms with E-state index in [0.29, 0.717) is 24.5 Å². The highest BCUT2D eigenvalue weighted by Gasteiger charge is 2.36. The van der Waals surface area contributed by atoms with Crippen molar-refractivity contribution in [3.05, 3.63) is 65.7 Å². The smallest absolute Gasteiger partial charge is 0.214 e. The molecule has 1 saturated heterocycles. The molecule has 31 heavy (non-hydrogen) atoms. The van der Waals surface area contributed by atoms with Crippen molar-refractivity contribution < 1.29 is 18.8 Å². The van der Waals surface area contributed by atoms with Gasteiger partial charge in [0.25, 0.3) is 0 Å². The van der Waals surface area contributed by atoms with Crippen molar-refractivity contribution in [3.8, 4) is 5.75 Å². The number of ether oxygens (including phenoxy) is 2. The topological polar surface area (TPSA) is 69.7 Å². The Morgan fingerprint density at radius 2 is 1.81 bits per heavy atom. The minimum Gasteiger partial charge on any atom is -0.495 e. The van der Waals surface area contributed by atoms with Crippen LogP contribution in [0.4, 0.5) is 10.1 Å². The Morgan fingerprint density at radius 3 is 2.55 bits per heavy atom. The second-order valence-electron chi connectivity index (χ2n) is 7.52. The molecule has 8 nitrogen and oxygen atoms in total. The molecule has 1 N–H and O–H groups in total. The summed E-state index contributed by atoms with van der Waals surface area (Å²) >= 11 is 0. The maximum Gasteiger partial charge on any atom is 0.214 e. The van der Waals surface area contributed by atoms with E-state index in [4.69, 9.17) is 9.47 Å². The van der Waals surface area contributed by atoms with Gasteiger partial charge < -0.3 is 19.3 Å². The van der Waals surface area contributed by atoms with Gasteiger partial charge in [0.2, 0.25) is 5.82 Å². The maximum absolute atomic E-state index is 14.9. The highest BCUT2D eigenvalue weighted by molar-refractivity contribution is 5.58. The molecule has 1 fully saturated rings. The van der Waals surface area contributed by atoms with Gasteiger partial charge in [-0.05, 0) is 34.7 Å². The number of para-hydroxylation sites is 2. The van der Waals surface area contributed by atoms with Gasteiger partial charge in [-0.15, -0.1) is 5.10 Å². The zero-order valence-electron chi connectivity index (χ0n) is 17.9. The summed E-state index contributed by atoms with van der Waals surface area (Å²) in [6.07, 6.45) is 0. The minimum atomic E-state index is -0.298. The SMILES string of the molecule is COCCn1nnnc1[C@@H](c1ccccc1F)[NH+]1CCN(c2ccccc2OC)CC1. The number of aromatic nitrogens is 4. The molecule has 1 aromatic heterocycles. The van der Waals surface area contributed by atoms with Crippen molar-refractivity contribution in [2.24, 2.45) is 0 Å². The van der Waals surface area contributed by atoms with E-state index in [1.807, 2.05) is 30.3 Å². The van der Waals surface area contributed by atoms with Gasteiger partial charge in [-0.25, -0.2) is 9.07 Å². The van der Waals surface area contributed by atoms with Gasteiger partial charge in [0, 0.05) is 7.11 Å².